The van der Waals surface area contributed by atoms with Gasteiger partial charge in [0.1, 0.15) is 5.76 Å². The van der Waals surface area contributed by atoms with Crippen LogP contribution in [0.4, 0.5) is 0 Å². The van der Waals surface area contributed by atoms with Gasteiger partial charge in [-0.15, -0.1) is 0 Å². The first-order chi connectivity index (χ1) is 6.29. The van der Waals surface area contributed by atoms with Gasteiger partial charge in [0.2, 0.25) is 0 Å². The molecule has 1 saturated heterocycles. The number of nitrogens with one attached hydrogen (secondary N) is 1. The highest BCUT2D eigenvalue weighted by molar-refractivity contribution is 5.21. The summed E-state index contributed by atoms with van der Waals surface area (Å²) in [5.41, 5.74) is 1.31. The fourth-order valence-electron chi connectivity index (χ4n) is 1.89. The van der Waals surface area contributed by atoms with Gasteiger partial charge in [-0.1, -0.05) is 0 Å². The second kappa shape index (κ2) is 3.52. The molecule has 1 N–H and O–H groups in total. The van der Waals surface area contributed by atoms with Crippen molar-refractivity contribution < 1.29 is 4.42 Å². The van der Waals surface area contributed by atoms with Crippen molar-refractivity contribution in [2.45, 2.75) is 13.0 Å². The van der Waals surface area contributed by atoms with E-state index in [1.54, 1.807) is 6.26 Å². The van der Waals surface area contributed by atoms with Gasteiger partial charge >= 0.3 is 0 Å². The molecule has 1 unspecified atom stereocenters. The first-order valence-electron chi connectivity index (χ1n) is 4.74. The van der Waals surface area contributed by atoms with Gasteiger partial charge in [0.25, 0.3) is 0 Å². The number of likely N-dealkylation sites (N-methyl/N-ethyl adjacent to an activating group) is 1. The van der Waals surface area contributed by atoms with Crippen molar-refractivity contribution in [2.24, 2.45) is 0 Å². The first kappa shape index (κ1) is 8.78. The molecule has 0 aromatic carbocycles. The van der Waals surface area contributed by atoms with Gasteiger partial charge in [-0.2, -0.15) is 0 Å². The number of aryl methyl sites for hydroxylation is 1. The van der Waals surface area contributed by atoms with E-state index in [2.05, 4.69) is 23.3 Å². The van der Waals surface area contributed by atoms with E-state index >= 15 is 0 Å². The van der Waals surface area contributed by atoms with Crippen LogP contribution in [0.2, 0.25) is 0 Å². The van der Waals surface area contributed by atoms with Crippen LogP contribution in [0.5, 0.6) is 0 Å². The van der Waals surface area contributed by atoms with E-state index in [1.165, 1.54) is 5.56 Å². The lowest BCUT2D eigenvalue weighted by Crippen LogP contribution is -2.43. The average Bonchev–Trinajstić information content (AvgIpc) is 2.52. The summed E-state index contributed by atoms with van der Waals surface area (Å²) in [6.07, 6.45) is 1.77. The summed E-state index contributed by atoms with van der Waals surface area (Å²) in [7, 11) is 2.16. The molecular formula is C10H16N2O. The van der Waals surface area contributed by atoms with Crippen LogP contribution in [0.1, 0.15) is 17.4 Å². The van der Waals surface area contributed by atoms with Gasteiger partial charge in [-0.05, 0) is 20.0 Å². The van der Waals surface area contributed by atoms with E-state index in [9.17, 15) is 0 Å². The van der Waals surface area contributed by atoms with E-state index < -0.39 is 0 Å². The third-order valence-corrected chi connectivity index (χ3v) is 2.77. The molecule has 1 aromatic rings. The standard InChI is InChI=1S/C10H16N2O/c1-8-9(3-6-13-8)10-7-11-4-5-12(10)2/h3,6,10-11H,4-5,7H2,1-2H3. The minimum absolute atomic E-state index is 0.479. The molecule has 1 aliphatic heterocycles. The van der Waals surface area contributed by atoms with Crippen molar-refractivity contribution in [1.82, 2.24) is 10.2 Å². The molecule has 1 aliphatic rings. The molecule has 1 aromatic heterocycles. The van der Waals surface area contributed by atoms with E-state index in [1.807, 2.05) is 6.92 Å². The lowest BCUT2D eigenvalue weighted by atomic mass is 10.1. The Morgan fingerprint density at radius 2 is 2.46 bits per heavy atom. The molecule has 1 fully saturated rings. The zero-order valence-corrected chi connectivity index (χ0v) is 8.21. The van der Waals surface area contributed by atoms with Crippen LogP contribution in [0.25, 0.3) is 0 Å². The molecule has 3 heteroatoms. The van der Waals surface area contributed by atoms with Crippen LogP contribution in [-0.2, 0) is 0 Å². The molecule has 0 aliphatic carbocycles. The summed E-state index contributed by atoms with van der Waals surface area (Å²) < 4.78 is 5.31. The van der Waals surface area contributed by atoms with Crippen LogP contribution in [-0.4, -0.2) is 31.6 Å². The Bertz CT molecular complexity index is 282. The van der Waals surface area contributed by atoms with Crippen LogP contribution >= 0.6 is 0 Å². The van der Waals surface area contributed by atoms with Crippen LogP contribution in [0, 0.1) is 6.92 Å². The van der Waals surface area contributed by atoms with Crippen LogP contribution in [0.15, 0.2) is 16.7 Å². The SMILES string of the molecule is Cc1occc1C1CNCCN1C. The third-order valence-electron chi connectivity index (χ3n) is 2.77. The molecule has 0 saturated carbocycles. The number of rotatable bonds is 1. The largest absolute Gasteiger partial charge is 0.469 e. The summed E-state index contributed by atoms with van der Waals surface area (Å²) in [6.45, 7) is 5.24. The van der Waals surface area contributed by atoms with Gasteiger partial charge in [-0.3, -0.25) is 4.90 Å². The van der Waals surface area contributed by atoms with Gasteiger partial charge < -0.3 is 9.73 Å². The minimum Gasteiger partial charge on any atom is -0.469 e. The van der Waals surface area contributed by atoms with Gasteiger partial charge in [0.05, 0.1) is 12.3 Å². The Morgan fingerprint density at radius 3 is 3.08 bits per heavy atom. The maximum atomic E-state index is 5.31. The van der Waals surface area contributed by atoms with E-state index in [0.29, 0.717) is 6.04 Å². The second-order valence-electron chi connectivity index (χ2n) is 3.63. The van der Waals surface area contributed by atoms with Gasteiger partial charge in [0, 0.05) is 25.2 Å². The fraction of sp³-hybridized carbons (Fsp3) is 0.600. The number of nitrogens with zero attached hydrogens (tertiary/aromatic N) is 1. The fourth-order valence-corrected chi connectivity index (χ4v) is 1.89. The van der Waals surface area contributed by atoms with Gasteiger partial charge in [0.15, 0.2) is 0 Å². The quantitative estimate of drug-likeness (QED) is 0.703. The Morgan fingerprint density at radius 1 is 1.62 bits per heavy atom. The maximum absolute atomic E-state index is 5.31. The third kappa shape index (κ3) is 1.62. The van der Waals surface area contributed by atoms with Crippen molar-refractivity contribution in [2.75, 3.05) is 26.7 Å². The molecule has 0 bridgehead atoms. The smallest absolute Gasteiger partial charge is 0.105 e. The highest BCUT2D eigenvalue weighted by Gasteiger charge is 2.22. The van der Waals surface area contributed by atoms with Crippen molar-refractivity contribution in [3.05, 3.63) is 23.7 Å². The number of hydrogen-bond acceptors (Lipinski definition) is 3. The normalized spacial score (nSPS) is 24.9. The van der Waals surface area contributed by atoms with E-state index in [0.717, 1.165) is 25.4 Å². The Kier molecular flexibility index (Phi) is 2.38. The lowest BCUT2D eigenvalue weighted by molar-refractivity contribution is 0.200. The summed E-state index contributed by atoms with van der Waals surface area (Å²) in [6, 6.07) is 2.55. The summed E-state index contributed by atoms with van der Waals surface area (Å²) >= 11 is 0. The van der Waals surface area contributed by atoms with Crippen molar-refractivity contribution in [1.29, 1.82) is 0 Å². The Hall–Kier alpha value is -0.800. The van der Waals surface area contributed by atoms with E-state index in [-0.39, 0.29) is 0 Å². The van der Waals surface area contributed by atoms with Crippen molar-refractivity contribution in [3.63, 3.8) is 0 Å². The average molecular weight is 180 g/mol. The van der Waals surface area contributed by atoms with Crippen LogP contribution in [0.3, 0.4) is 0 Å². The second-order valence-corrected chi connectivity index (χ2v) is 3.63. The predicted octanol–water partition coefficient (Wildman–Crippen LogP) is 1.16. The molecule has 3 nitrogen and oxygen atoms in total. The van der Waals surface area contributed by atoms with Crippen molar-refractivity contribution >= 4 is 0 Å². The molecule has 2 rings (SSSR count). The summed E-state index contributed by atoms with van der Waals surface area (Å²) in [5.74, 6) is 1.04. The zero-order valence-electron chi connectivity index (χ0n) is 8.21. The van der Waals surface area contributed by atoms with Crippen LogP contribution < -0.4 is 5.32 Å². The topological polar surface area (TPSA) is 28.4 Å². The maximum Gasteiger partial charge on any atom is 0.105 e. The lowest BCUT2D eigenvalue weighted by Gasteiger charge is -2.32. The molecule has 0 spiro atoms. The molecule has 2 heterocycles. The molecule has 1 atom stereocenters. The predicted molar refractivity (Wildman–Crippen MR) is 51.7 cm³/mol. The molecule has 72 valence electrons. The first-order valence-corrected chi connectivity index (χ1v) is 4.74. The Labute approximate surface area is 78.7 Å². The highest BCUT2D eigenvalue weighted by atomic mass is 16.3. The zero-order chi connectivity index (χ0) is 9.26. The highest BCUT2D eigenvalue weighted by Crippen LogP contribution is 2.24. The minimum atomic E-state index is 0.479. The summed E-state index contributed by atoms with van der Waals surface area (Å²) in [4.78, 5) is 2.37. The number of furan rings is 1. The molecular weight excluding hydrogens is 164 g/mol. The number of hydrogen-bond donors (Lipinski definition) is 1. The molecule has 0 radical (unpaired) electrons. The Balaban J connectivity index is 2.19. The summed E-state index contributed by atoms with van der Waals surface area (Å²) in [5, 5.41) is 3.40. The monoisotopic (exact) mass is 180 g/mol. The van der Waals surface area contributed by atoms with Gasteiger partial charge in [-0.25, -0.2) is 0 Å². The molecule has 0 amide bonds. The number of piperazine rings is 1. The van der Waals surface area contributed by atoms with E-state index in [4.69, 9.17) is 4.42 Å². The van der Waals surface area contributed by atoms with Crippen molar-refractivity contribution in [3.8, 4) is 0 Å². The molecule has 13 heavy (non-hydrogen) atoms.